The molecule has 2 rings (SSSR count). The summed E-state index contributed by atoms with van der Waals surface area (Å²) < 4.78 is 3.01. The average molecular weight is 313 g/mol. The third-order valence-electron chi connectivity index (χ3n) is 3.56. The fraction of sp³-hybridized carbons (Fsp3) is 0.643. The number of halogens is 1. The number of aromatic nitrogens is 1. The van der Waals surface area contributed by atoms with Gasteiger partial charge in [0.15, 0.2) is 0 Å². The average Bonchev–Trinajstić information content (AvgIpc) is 2.80. The Labute approximate surface area is 117 Å². The molecule has 0 aliphatic carbocycles. The predicted octanol–water partition coefficient (Wildman–Crippen LogP) is 3.70. The highest BCUT2D eigenvalue weighted by atomic mass is 79.9. The summed E-state index contributed by atoms with van der Waals surface area (Å²) in [6.45, 7) is 10.4. The molecular formula is C14H21BrN2O. The molecule has 18 heavy (non-hydrogen) atoms. The Bertz CT molecular complexity index is 462. The minimum Gasteiger partial charge on any atom is -0.340 e. The van der Waals surface area contributed by atoms with Gasteiger partial charge in [0, 0.05) is 29.8 Å². The minimum atomic E-state index is 0.153. The van der Waals surface area contributed by atoms with Gasteiger partial charge in [-0.25, -0.2) is 0 Å². The molecule has 0 N–H and O–H groups in total. The lowest BCUT2D eigenvalue weighted by Crippen LogP contribution is -2.32. The molecule has 1 fully saturated rings. The van der Waals surface area contributed by atoms with E-state index >= 15 is 0 Å². The first-order chi connectivity index (χ1) is 8.30. The van der Waals surface area contributed by atoms with Crippen molar-refractivity contribution in [2.45, 2.75) is 40.2 Å². The van der Waals surface area contributed by atoms with E-state index in [1.54, 1.807) is 0 Å². The molecule has 2 heterocycles. The van der Waals surface area contributed by atoms with E-state index in [0.717, 1.165) is 29.7 Å². The monoisotopic (exact) mass is 312 g/mol. The molecule has 1 saturated heterocycles. The summed E-state index contributed by atoms with van der Waals surface area (Å²) in [6, 6.07) is 2.22. The van der Waals surface area contributed by atoms with Crippen LogP contribution in [-0.4, -0.2) is 28.5 Å². The van der Waals surface area contributed by atoms with E-state index < -0.39 is 0 Å². The first kappa shape index (κ1) is 13.7. The second-order valence-corrected chi connectivity index (χ2v) is 7.10. The van der Waals surface area contributed by atoms with Gasteiger partial charge in [-0.3, -0.25) is 4.79 Å². The Kier molecular flexibility index (Phi) is 3.58. The Morgan fingerprint density at radius 2 is 2.11 bits per heavy atom. The van der Waals surface area contributed by atoms with Crippen molar-refractivity contribution in [2.75, 3.05) is 13.1 Å². The van der Waals surface area contributed by atoms with E-state index in [1.807, 2.05) is 21.7 Å². The van der Waals surface area contributed by atoms with Crippen molar-refractivity contribution in [3.8, 4) is 0 Å². The lowest BCUT2D eigenvalue weighted by Gasteiger charge is -2.21. The lowest BCUT2D eigenvalue weighted by atomic mass is 9.93. The zero-order chi connectivity index (χ0) is 13.5. The molecule has 3 nitrogen and oxygen atoms in total. The first-order valence-electron chi connectivity index (χ1n) is 6.47. The van der Waals surface area contributed by atoms with E-state index in [0.29, 0.717) is 6.04 Å². The molecule has 0 bridgehead atoms. The summed E-state index contributed by atoms with van der Waals surface area (Å²) in [5, 5.41) is 0. The van der Waals surface area contributed by atoms with Crippen molar-refractivity contribution in [1.29, 1.82) is 0 Å². The molecule has 1 aromatic heterocycles. The van der Waals surface area contributed by atoms with Gasteiger partial charge in [0.2, 0.25) is 0 Å². The standard InChI is InChI=1S/C14H21BrN2O/c1-10(2)17-8-11(15)7-12(17)13(18)16-6-5-14(3,4)9-16/h7-8,10H,5-6,9H2,1-4H3. The highest BCUT2D eigenvalue weighted by Crippen LogP contribution is 2.30. The Morgan fingerprint density at radius 3 is 2.61 bits per heavy atom. The van der Waals surface area contributed by atoms with Crippen LogP contribution in [0, 0.1) is 5.41 Å². The van der Waals surface area contributed by atoms with Crippen LogP contribution >= 0.6 is 15.9 Å². The fourth-order valence-electron chi connectivity index (χ4n) is 2.49. The van der Waals surface area contributed by atoms with Crippen LogP contribution in [0.1, 0.15) is 50.6 Å². The molecule has 0 spiro atoms. The maximum Gasteiger partial charge on any atom is 0.270 e. The van der Waals surface area contributed by atoms with Crippen molar-refractivity contribution in [3.63, 3.8) is 0 Å². The molecule has 0 radical (unpaired) electrons. The SMILES string of the molecule is CC(C)n1cc(Br)cc1C(=O)N1CCC(C)(C)C1. The highest BCUT2D eigenvalue weighted by molar-refractivity contribution is 9.10. The minimum absolute atomic E-state index is 0.153. The largest absolute Gasteiger partial charge is 0.340 e. The van der Waals surface area contributed by atoms with Gasteiger partial charge in [-0.05, 0) is 47.7 Å². The molecule has 0 atom stereocenters. The molecule has 1 aliphatic heterocycles. The zero-order valence-electron chi connectivity index (χ0n) is 11.5. The third-order valence-corrected chi connectivity index (χ3v) is 3.99. The van der Waals surface area contributed by atoms with Crippen molar-refractivity contribution >= 4 is 21.8 Å². The molecule has 1 amide bonds. The number of hydrogen-bond acceptors (Lipinski definition) is 1. The number of rotatable bonds is 2. The van der Waals surface area contributed by atoms with E-state index in [9.17, 15) is 4.79 Å². The molecule has 100 valence electrons. The van der Waals surface area contributed by atoms with E-state index in [2.05, 4.69) is 43.6 Å². The van der Waals surface area contributed by atoms with Gasteiger partial charge >= 0.3 is 0 Å². The van der Waals surface area contributed by atoms with Crippen molar-refractivity contribution < 1.29 is 4.79 Å². The fourth-order valence-corrected chi connectivity index (χ4v) is 2.93. The van der Waals surface area contributed by atoms with Crippen LogP contribution in [0.5, 0.6) is 0 Å². The van der Waals surface area contributed by atoms with Gasteiger partial charge < -0.3 is 9.47 Å². The molecule has 0 aromatic carbocycles. The number of likely N-dealkylation sites (tertiary alicyclic amines) is 1. The van der Waals surface area contributed by atoms with E-state index in [4.69, 9.17) is 0 Å². The Morgan fingerprint density at radius 1 is 1.44 bits per heavy atom. The van der Waals surface area contributed by atoms with Gasteiger partial charge in [-0.2, -0.15) is 0 Å². The van der Waals surface area contributed by atoms with Crippen LogP contribution in [0.25, 0.3) is 0 Å². The molecule has 0 saturated carbocycles. The summed E-state index contributed by atoms with van der Waals surface area (Å²) in [5.74, 6) is 0.153. The van der Waals surface area contributed by atoms with Gasteiger partial charge in [-0.15, -0.1) is 0 Å². The third kappa shape index (κ3) is 2.63. The summed E-state index contributed by atoms with van der Waals surface area (Å²) in [4.78, 5) is 14.5. The molecule has 4 heteroatoms. The molecule has 1 aromatic rings. The Hall–Kier alpha value is -0.770. The maximum absolute atomic E-state index is 12.6. The molecule has 0 unspecified atom stereocenters. The summed E-state index contributed by atoms with van der Waals surface area (Å²) in [5.41, 5.74) is 1.04. The normalized spacial score (nSPS) is 18.7. The van der Waals surface area contributed by atoms with E-state index in [-0.39, 0.29) is 11.3 Å². The number of carbonyl (C=O) groups is 1. The Balaban J connectivity index is 2.24. The zero-order valence-corrected chi connectivity index (χ0v) is 13.1. The summed E-state index contributed by atoms with van der Waals surface area (Å²) in [6.07, 6.45) is 3.07. The van der Waals surface area contributed by atoms with Gasteiger partial charge in [0.05, 0.1) is 0 Å². The summed E-state index contributed by atoms with van der Waals surface area (Å²) >= 11 is 3.46. The number of hydrogen-bond donors (Lipinski definition) is 0. The van der Waals surface area contributed by atoms with Crippen LogP contribution in [0.2, 0.25) is 0 Å². The summed E-state index contributed by atoms with van der Waals surface area (Å²) in [7, 11) is 0. The number of nitrogens with zero attached hydrogens (tertiary/aromatic N) is 2. The van der Waals surface area contributed by atoms with Crippen LogP contribution in [0.15, 0.2) is 16.7 Å². The van der Waals surface area contributed by atoms with Crippen molar-refractivity contribution in [2.24, 2.45) is 5.41 Å². The van der Waals surface area contributed by atoms with Gasteiger partial charge in [0.25, 0.3) is 5.91 Å². The number of amides is 1. The van der Waals surface area contributed by atoms with Crippen LogP contribution in [0.3, 0.4) is 0 Å². The number of carbonyl (C=O) groups excluding carboxylic acids is 1. The van der Waals surface area contributed by atoms with Crippen molar-refractivity contribution in [1.82, 2.24) is 9.47 Å². The first-order valence-corrected chi connectivity index (χ1v) is 7.26. The smallest absolute Gasteiger partial charge is 0.270 e. The van der Waals surface area contributed by atoms with Crippen molar-refractivity contribution in [3.05, 3.63) is 22.4 Å². The maximum atomic E-state index is 12.6. The van der Waals surface area contributed by atoms with Gasteiger partial charge in [0.1, 0.15) is 5.69 Å². The van der Waals surface area contributed by atoms with Gasteiger partial charge in [-0.1, -0.05) is 13.8 Å². The molecular weight excluding hydrogens is 292 g/mol. The topological polar surface area (TPSA) is 25.2 Å². The lowest BCUT2D eigenvalue weighted by molar-refractivity contribution is 0.0766. The van der Waals surface area contributed by atoms with Crippen LogP contribution in [-0.2, 0) is 0 Å². The highest BCUT2D eigenvalue weighted by Gasteiger charge is 2.33. The molecule has 1 aliphatic rings. The predicted molar refractivity (Wildman–Crippen MR) is 76.8 cm³/mol. The quantitative estimate of drug-likeness (QED) is 0.817. The second-order valence-electron chi connectivity index (χ2n) is 6.19. The van der Waals surface area contributed by atoms with Crippen LogP contribution < -0.4 is 0 Å². The van der Waals surface area contributed by atoms with E-state index in [1.165, 1.54) is 0 Å². The van der Waals surface area contributed by atoms with Crippen LogP contribution in [0.4, 0.5) is 0 Å². The second kappa shape index (κ2) is 4.72.